The van der Waals surface area contributed by atoms with Crippen LogP contribution in [0.5, 0.6) is 0 Å². The standard InChI is InChI=1S/C17H24N4O3/c1-14-3-2-5-21(7-14)17(22)4-6-20(8-15-10-23-12-18-15)9-16-11-24-13-19-16/h10-14H,2-9H2,1H3/t14-/m1/s1. The fourth-order valence-corrected chi connectivity index (χ4v) is 3.13. The smallest absolute Gasteiger partial charge is 0.223 e. The van der Waals surface area contributed by atoms with Gasteiger partial charge in [0.05, 0.1) is 11.4 Å². The van der Waals surface area contributed by atoms with Gasteiger partial charge in [0.1, 0.15) is 12.5 Å². The number of carbonyl (C=O) groups excluding carboxylic acids is 1. The number of hydrogen-bond donors (Lipinski definition) is 0. The average Bonchev–Trinajstić information content (AvgIpc) is 3.26. The number of rotatable bonds is 7. The topological polar surface area (TPSA) is 75.6 Å². The molecule has 24 heavy (non-hydrogen) atoms. The van der Waals surface area contributed by atoms with Gasteiger partial charge in [-0.25, -0.2) is 9.97 Å². The Morgan fingerprint density at radius 3 is 2.46 bits per heavy atom. The molecule has 0 unspecified atom stereocenters. The second-order valence-electron chi connectivity index (χ2n) is 6.51. The van der Waals surface area contributed by atoms with E-state index >= 15 is 0 Å². The van der Waals surface area contributed by atoms with Gasteiger partial charge in [0.25, 0.3) is 0 Å². The number of aromatic nitrogens is 2. The zero-order chi connectivity index (χ0) is 16.8. The number of piperidine rings is 1. The predicted octanol–water partition coefficient (Wildman–Crippen LogP) is 2.31. The molecule has 1 saturated heterocycles. The number of carbonyl (C=O) groups is 1. The average molecular weight is 332 g/mol. The largest absolute Gasteiger partial charge is 0.451 e. The van der Waals surface area contributed by atoms with Gasteiger partial charge in [-0.2, -0.15) is 0 Å². The van der Waals surface area contributed by atoms with Crippen LogP contribution < -0.4 is 0 Å². The summed E-state index contributed by atoms with van der Waals surface area (Å²) in [4.78, 5) is 25.0. The summed E-state index contributed by atoms with van der Waals surface area (Å²) in [5.41, 5.74) is 1.69. The quantitative estimate of drug-likeness (QED) is 0.774. The number of amides is 1. The third-order valence-corrected chi connectivity index (χ3v) is 4.39. The van der Waals surface area contributed by atoms with Crippen molar-refractivity contribution in [1.29, 1.82) is 0 Å². The van der Waals surface area contributed by atoms with Crippen molar-refractivity contribution in [2.75, 3.05) is 19.6 Å². The molecule has 0 aliphatic carbocycles. The molecule has 0 aromatic carbocycles. The van der Waals surface area contributed by atoms with Gasteiger partial charge in [-0.05, 0) is 18.8 Å². The third kappa shape index (κ3) is 4.67. The summed E-state index contributed by atoms with van der Waals surface area (Å²) in [6.07, 6.45) is 8.92. The number of likely N-dealkylation sites (tertiary alicyclic amines) is 1. The van der Waals surface area contributed by atoms with Gasteiger partial charge in [0, 0.05) is 39.1 Å². The van der Waals surface area contributed by atoms with Crippen LogP contribution in [0, 0.1) is 5.92 Å². The summed E-state index contributed by atoms with van der Waals surface area (Å²) in [5, 5.41) is 0. The Labute approximate surface area is 141 Å². The van der Waals surface area contributed by atoms with Crippen molar-refractivity contribution in [3.8, 4) is 0 Å². The van der Waals surface area contributed by atoms with E-state index in [-0.39, 0.29) is 5.91 Å². The van der Waals surface area contributed by atoms with E-state index in [2.05, 4.69) is 21.8 Å². The van der Waals surface area contributed by atoms with Gasteiger partial charge < -0.3 is 13.7 Å². The minimum absolute atomic E-state index is 0.229. The second kappa shape index (κ2) is 8.10. The van der Waals surface area contributed by atoms with Crippen LogP contribution in [-0.2, 0) is 17.9 Å². The lowest BCUT2D eigenvalue weighted by molar-refractivity contribution is -0.133. The first-order valence-electron chi connectivity index (χ1n) is 8.45. The highest BCUT2D eigenvalue weighted by molar-refractivity contribution is 5.76. The summed E-state index contributed by atoms with van der Waals surface area (Å²) >= 11 is 0. The first-order valence-corrected chi connectivity index (χ1v) is 8.45. The van der Waals surface area contributed by atoms with E-state index < -0.39 is 0 Å². The summed E-state index contributed by atoms with van der Waals surface area (Å²) < 4.78 is 10.1. The Bertz CT molecular complexity index is 576. The fraction of sp³-hybridized carbons (Fsp3) is 0.588. The van der Waals surface area contributed by atoms with E-state index in [1.165, 1.54) is 19.2 Å². The van der Waals surface area contributed by atoms with Gasteiger partial charge in [-0.1, -0.05) is 6.92 Å². The number of hydrogen-bond acceptors (Lipinski definition) is 6. The van der Waals surface area contributed by atoms with Gasteiger partial charge in [0.2, 0.25) is 5.91 Å². The molecular weight excluding hydrogens is 308 g/mol. The lowest BCUT2D eigenvalue weighted by atomic mass is 10.00. The van der Waals surface area contributed by atoms with Crippen LogP contribution in [0.4, 0.5) is 0 Å². The van der Waals surface area contributed by atoms with E-state index in [1.54, 1.807) is 12.5 Å². The van der Waals surface area contributed by atoms with Crippen LogP contribution in [-0.4, -0.2) is 45.3 Å². The molecule has 1 aliphatic rings. The van der Waals surface area contributed by atoms with Crippen molar-refractivity contribution in [2.45, 2.75) is 39.3 Å². The summed E-state index contributed by atoms with van der Waals surface area (Å²) in [5.74, 6) is 0.830. The lowest BCUT2D eigenvalue weighted by Crippen LogP contribution is -2.40. The zero-order valence-corrected chi connectivity index (χ0v) is 14.1. The molecule has 0 N–H and O–H groups in total. The van der Waals surface area contributed by atoms with Gasteiger partial charge >= 0.3 is 0 Å². The highest BCUT2D eigenvalue weighted by Gasteiger charge is 2.21. The lowest BCUT2D eigenvalue weighted by Gasteiger charge is -2.31. The van der Waals surface area contributed by atoms with Crippen molar-refractivity contribution in [3.05, 3.63) is 36.7 Å². The first kappa shape index (κ1) is 16.7. The van der Waals surface area contributed by atoms with Crippen molar-refractivity contribution in [2.24, 2.45) is 5.92 Å². The zero-order valence-electron chi connectivity index (χ0n) is 14.1. The van der Waals surface area contributed by atoms with Crippen LogP contribution in [0.15, 0.2) is 34.1 Å². The maximum absolute atomic E-state index is 12.5. The van der Waals surface area contributed by atoms with Crippen LogP contribution in [0.3, 0.4) is 0 Å². The molecule has 2 aromatic rings. The number of nitrogens with zero attached hydrogens (tertiary/aromatic N) is 4. The Morgan fingerprint density at radius 2 is 1.92 bits per heavy atom. The summed E-state index contributed by atoms with van der Waals surface area (Å²) in [6, 6.07) is 0. The molecule has 2 aromatic heterocycles. The Hall–Kier alpha value is -2.15. The van der Waals surface area contributed by atoms with E-state index in [4.69, 9.17) is 8.83 Å². The van der Waals surface area contributed by atoms with Gasteiger partial charge in [0.15, 0.2) is 12.8 Å². The molecule has 3 heterocycles. The SMILES string of the molecule is C[C@@H]1CCCN(C(=O)CCN(Cc2cocn2)Cc2cocn2)C1. The van der Waals surface area contributed by atoms with Gasteiger partial charge in [-0.3, -0.25) is 9.69 Å². The van der Waals surface area contributed by atoms with Crippen molar-refractivity contribution < 1.29 is 13.6 Å². The molecule has 1 amide bonds. The molecule has 0 spiro atoms. The molecule has 0 saturated carbocycles. The second-order valence-corrected chi connectivity index (χ2v) is 6.51. The highest BCUT2D eigenvalue weighted by atomic mass is 16.3. The highest BCUT2D eigenvalue weighted by Crippen LogP contribution is 2.16. The molecule has 130 valence electrons. The monoisotopic (exact) mass is 332 g/mol. The number of oxazole rings is 2. The minimum atomic E-state index is 0.229. The normalized spacial score (nSPS) is 18.2. The minimum Gasteiger partial charge on any atom is -0.451 e. The van der Waals surface area contributed by atoms with Crippen molar-refractivity contribution >= 4 is 5.91 Å². The molecule has 7 nitrogen and oxygen atoms in total. The van der Waals surface area contributed by atoms with Crippen molar-refractivity contribution in [3.63, 3.8) is 0 Å². The van der Waals surface area contributed by atoms with E-state index in [0.717, 1.165) is 30.9 Å². The molecule has 0 bridgehead atoms. The molecule has 1 atom stereocenters. The van der Waals surface area contributed by atoms with E-state index in [1.807, 2.05) is 4.90 Å². The molecule has 7 heteroatoms. The summed E-state index contributed by atoms with van der Waals surface area (Å²) in [7, 11) is 0. The Kier molecular flexibility index (Phi) is 5.63. The van der Waals surface area contributed by atoms with E-state index in [9.17, 15) is 4.79 Å². The Morgan fingerprint density at radius 1 is 1.25 bits per heavy atom. The third-order valence-electron chi connectivity index (χ3n) is 4.39. The Balaban J connectivity index is 1.55. The predicted molar refractivity (Wildman–Crippen MR) is 86.7 cm³/mol. The fourth-order valence-electron chi connectivity index (χ4n) is 3.13. The van der Waals surface area contributed by atoms with E-state index in [0.29, 0.717) is 32.0 Å². The summed E-state index contributed by atoms with van der Waals surface area (Å²) in [6.45, 7) is 5.87. The first-order chi connectivity index (χ1) is 11.7. The molecular formula is C17H24N4O3. The maximum Gasteiger partial charge on any atom is 0.223 e. The molecule has 1 aliphatic heterocycles. The van der Waals surface area contributed by atoms with Gasteiger partial charge in [-0.15, -0.1) is 0 Å². The van der Waals surface area contributed by atoms with Crippen LogP contribution in [0.1, 0.15) is 37.6 Å². The maximum atomic E-state index is 12.5. The van der Waals surface area contributed by atoms with Crippen LogP contribution in [0.25, 0.3) is 0 Å². The molecule has 1 fully saturated rings. The van der Waals surface area contributed by atoms with Crippen LogP contribution >= 0.6 is 0 Å². The van der Waals surface area contributed by atoms with Crippen LogP contribution in [0.2, 0.25) is 0 Å². The molecule has 0 radical (unpaired) electrons. The molecule has 3 rings (SSSR count). The van der Waals surface area contributed by atoms with Crippen molar-refractivity contribution in [1.82, 2.24) is 19.8 Å².